The second kappa shape index (κ2) is 9.40. The Morgan fingerprint density at radius 3 is 2.35 bits per heavy atom. The molecule has 0 radical (unpaired) electrons. The number of carbonyl (C=O) groups excluding carboxylic acids is 2. The molecule has 1 aromatic rings. The number of halogens is 1. The van der Waals surface area contributed by atoms with Crippen LogP contribution in [0.15, 0.2) is 28.7 Å². The van der Waals surface area contributed by atoms with Crippen LogP contribution in [-0.2, 0) is 4.79 Å². The summed E-state index contributed by atoms with van der Waals surface area (Å²) in [5.41, 5.74) is 0.810. The van der Waals surface area contributed by atoms with E-state index >= 15 is 0 Å². The Morgan fingerprint density at radius 2 is 1.69 bits per heavy atom. The van der Waals surface area contributed by atoms with Gasteiger partial charge in [0.05, 0.1) is 0 Å². The summed E-state index contributed by atoms with van der Waals surface area (Å²) in [6, 6.07) is 7.61. The Morgan fingerprint density at radius 1 is 1.04 bits per heavy atom. The van der Waals surface area contributed by atoms with Crippen LogP contribution in [0.5, 0.6) is 0 Å². The van der Waals surface area contributed by atoms with Crippen LogP contribution >= 0.6 is 15.9 Å². The molecule has 0 aromatic heterocycles. The molecule has 3 rings (SSSR count). The first-order chi connectivity index (χ1) is 12.6. The van der Waals surface area contributed by atoms with Gasteiger partial charge in [0.15, 0.2) is 0 Å². The van der Waals surface area contributed by atoms with Crippen LogP contribution in [0.2, 0.25) is 0 Å². The molecule has 2 N–H and O–H groups in total. The number of benzene rings is 1. The maximum Gasteiger partial charge on any atom is 0.317 e. The Labute approximate surface area is 164 Å². The number of hydrogen-bond acceptors (Lipinski definition) is 2. The van der Waals surface area contributed by atoms with Crippen LogP contribution in [0.1, 0.15) is 44.9 Å². The van der Waals surface area contributed by atoms with Gasteiger partial charge < -0.3 is 15.5 Å². The molecule has 1 aromatic carbocycles. The van der Waals surface area contributed by atoms with Gasteiger partial charge in [0.1, 0.15) is 0 Å². The van der Waals surface area contributed by atoms with E-state index in [1.165, 1.54) is 25.7 Å². The van der Waals surface area contributed by atoms with Gasteiger partial charge in [-0.3, -0.25) is 4.79 Å². The van der Waals surface area contributed by atoms with Crippen molar-refractivity contribution in [2.45, 2.75) is 44.9 Å². The molecule has 1 saturated heterocycles. The Hall–Kier alpha value is -1.56. The van der Waals surface area contributed by atoms with Crippen LogP contribution in [0.3, 0.4) is 0 Å². The monoisotopic (exact) mass is 421 g/mol. The highest BCUT2D eigenvalue weighted by Crippen LogP contribution is 2.27. The van der Waals surface area contributed by atoms with E-state index in [2.05, 4.69) is 26.6 Å². The number of carbonyl (C=O) groups is 2. The van der Waals surface area contributed by atoms with Crippen molar-refractivity contribution < 1.29 is 9.59 Å². The second-order valence-corrected chi connectivity index (χ2v) is 8.34. The van der Waals surface area contributed by atoms with E-state index in [1.807, 2.05) is 29.2 Å². The van der Waals surface area contributed by atoms with Crippen molar-refractivity contribution in [3.63, 3.8) is 0 Å². The van der Waals surface area contributed by atoms with E-state index in [0.717, 1.165) is 41.9 Å². The fourth-order valence-electron chi connectivity index (χ4n) is 3.92. The smallest absolute Gasteiger partial charge is 0.317 e. The average molecular weight is 422 g/mol. The molecule has 2 fully saturated rings. The van der Waals surface area contributed by atoms with E-state index in [9.17, 15) is 9.59 Å². The van der Waals surface area contributed by atoms with Crippen molar-refractivity contribution >= 4 is 33.6 Å². The van der Waals surface area contributed by atoms with E-state index in [-0.39, 0.29) is 17.9 Å². The summed E-state index contributed by atoms with van der Waals surface area (Å²) >= 11 is 3.39. The van der Waals surface area contributed by atoms with Crippen LogP contribution in [0.4, 0.5) is 10.5 Å². The van der Waals surface area contributed by atoms with Gasteiger partial charge in [-0.15, -0.1) is 0 Å². The number of anilines is 1. The fourth-order valence-corrected chi connectivity index (χ4v) is 4.18. The van der Waals surface area contributed by atoms with E-state index < -0.39 is 0 Å². The molecule has 2 aliphatic rings. The molecule has 0 bridgehead atoms. The third-order valence-electron chi connectivity index (χ3n) is 5.57. The lowest BCUT2D eigenvalue weighted by Gasteiger charge is -2.31. The van der Waals surface area contributed by atoms with E-state index in [1.54, 1.807) is 0 Å². The normalized spacial score (nSPS) is 18.7. The summed E-state index contributed by atoms with van der Waals surface area (Å²) in [5.74, 6) is 0.818. The topological polar surface area (TPSA) is 61.4 Å². The summed E-state index contributed by atoms with van der Waals surface area (Å²) in [5, 5.41) is 6.02. The van der Waals surface area contributed by atoms with E-state index in [4.69, 9.17) is 0 Å². The Bertz CT molecular complexity index is 606. The Kier molecular flexibility index (Phi) is 6.94. The van der Waals surface area contributed by atoms with Crippen molar-refractivity contribution in [2.75, 3.05) is 25.0 Å². The average Bonchev–Trinajstić information content (AvgIpc) is 3.17. The van der Waals surface area contributed by atoms with Gasteiger partial charge in [-0.25, -0.2) is 4.79 Å². The molecule has 142 valence electrons. The summed E-state index contributed by atoms with van der Waals surface area (Å²) < 4.78 is 0.989. The number of nitrogens with zero attached hydrogens (tertiary/aromatic N) is 1. The standard InChI is InChI=1S/C20H28BrN3O2/c21-17-5-7-18(8-6-17)23-19(25)16-10-13-24(14-11-16)20(26)22-12-9-15-3-1-2-4-15/h5-8,15-16H,1-4,9-14H2,(H,22,26)(H,23,25). The molecule has 3 amide bonds. The zero-order chi connectivity index (χ0) is 18.4. The number of rotatable bonds is 5. The number of nitrogens with one attached hydrogen (secondary N) is 2. The second-order valence-electron chi connectivity index (χ2n) is 7.43. The maximum absolute atomic E-state index is 12.4. The van der Waals surface area contributed by atoms with Gasteiger partial charge >= 0.3 is 6.03 Å². The van der Waals surface area contributed by atoms with Crippen molar-refractivity contribution in [1.82, 2.24) is 10.2 Å². The number of amides is 3. The largest absolute Gasteiger partial charge is 0.338 e. The van der Waals surface area contributed by atoms with Gasteiger partial charge in [-0.1, -0.05) is 41.6 Å². The van der Waals surface area contributed by atoms with Crippen molar-refractivity contribution in [1.29, 1.82) is 0 Å². The van der Waals surface area contributed by atoms with Crippen LogP contribution in [0.25, 0.3) is 0 Å². The highest BCUT2D eigenvalue weighted by Gasteiger charge is 2.27. The van der Waals surface area contributed by atoms with Crippen LogP contribution in [0, 0.1) is 11.8 Å². The molecular formula is C20H28BrN3O2. The molecule has 26 heavy (non-hydrogen) atoms. The van der Waals surface area contributed by atoms with Gasteiger partial charge in [-0.2, -0.15) is 0 Å². The first-order valence-electron chi connectivity index (χ1n) is 9.71. The first-order valence-corrected chi connectivity index (χ1v) is 10.5. The molecule has 0 atom stereocenters. The third-order valence-corrected chi connectivity index (χ3v) is 6.10. The predicted molar refractivity (Wildman–Crippen MR) is 107 cm³/mol. The molecule has 1 aliphatic heterocycles. The quantitative estimate of drug-likeness (QED) is 0.740. The zero-order valence-corrected chi connectivity index (χ0v) is 16.8. The summed E-state index contributed by atoms with van der Waals surface area (Å²) in [4.78, 5) is 26.5. The number of hydrogen-bond donors (Lipinski definition) is 2. The molecule has 0 unspecified atom stereocenters. The first kappa shape index (κ1) is 19.2. The Balaban J connectivity index is 1.36. The third kappa shape index (κ3) is 5.47. The summed E-state index contributed by atoms with van der Waals surface area (Å²) in [7, 11) is 0. The van der Waals surface area contributed by atoms with Crippen molar-refractivity contribution in [3.05, 3.63) is 28.7 Å². The molecule has 0 spiro atoms. The predicted octanol–water partition coefficient (Wildman–Crippen LogP) is 4.39. The highest BCUT2D eigenvalue weighted by molar-refractivity contribution is 9.10. The summed E-state index contributed by atoms with van der Waals surface area (Å²) in [6.07, 6.45) is 7.85. The molecular weight excluding hydrogens is 394 g/mol. The van der Waals surface area contributed by atoms with Gasteiger partial charge in [0.25, 0.3) is 0 Å². The molecule has 6 heteroatoms. The summed E-state index contributed by atoms with van der Waals surface area (Å²) in [6.45, 7) is 2.06. The number of piperidine rings is 1. The number of likely N-dealkylation sites (tertiary alicyclic amines) is 1. The molecule has 5 nitrogen and oxygen atoms in total. The van der Waals surface area contributed by atoms with E-state index in [0.29, 0.717) is 13.1 Å². The molecule has 1 aliphatic carbocycles. The zero-order valence-electron chi connectivity index (χ0n) is 15.2. The van der Waals surface area contributed by atoms with Gasteiger partial charge in [0.2, 0.25) is 5.91 Å². The van der Waals surface area contributed by atoms with Crippen molar-refractivity contribution in [3.8, 4) is 0 Å². The van der Waals surface area contributed by atoms with Crippen LogP contribution in [-0.4, -0.2) is 36.5 Å². The minimum atomic E-state index is -0.0267. The van der Waals surface area contributed by atoms with Gasteiger partial charge in [-0.05, 0) is 49.4 Å². The molecule has 1 saturated carbocycles. The lowest BCUT2D eigenvalue weighted by molar-refractivity contribution is -0.121. The maximum atomic E-state index is 12.4. The lowest BCUT2D eigenvalue weighted by atomic mass is 9.96. The lowest BCUT2D eigenvalue weighted by Crippen LogP contribution is -2.46. The minimum Gasteiger partial charge on any atom is -0.338 e. The molecule has 1 heterocycles. The minimum absolute atomic E-state index is 0.0229. The van der Waals surface area contributed by atoms with Crippen LogP contribution < -0.4 is 10.6 Å². The highest BCUT2D eigenvalue weighted by atomic mass is 79.9. The van der Waals surface area contributed by atoms with Crippen molar-refractivity contribution in [2.24, 2.45) is 11.8 Å². The fraction of sp³-hybridized carbons (Fsp3) is 0.600. The SMILES string of the molecule is O=C(Nc1ccc(Br)cc1)C1CCN(C(=O)NCCC2CCCC2)CC1. The van der Waals surface area contributed by atoms with Gasteiger partial charge in [0, 0.05) is 35.7 Å². The number of urea groups is 1.